The molecule has 1 aromatic rings. The first-order valence-corrected chi connectivity index (χ1v) is 5.95. The summed E-state index contributed by atoms with van der Waals surface area (Å²) in [6.07, 6.45) is 0. The molecule has 0 aliphatic carbocycles. The van der Waals surface area contributed by atoms with E-state index < -0.39 is 21.6 Å². The Morgan fingerprint density at radius 1 is 1.35 bits per heavy atom. The van der Waals surface area contributed by atoms with Crippen LogP contribution >= 0.6 is 23.2 Å². The van der Waals surface area contributed by atoms with Crippen molar-refractivity contribution >= 4 is 34.1 Å². The standard InChI is InChI=1S/C7H3Cl2NO4.C4H10O2/c8-4-1-3(7(9)12)2-5(6(4)11)10(13)14;1-5-3-4-6-2/h1-2,11H;3-4H2,1-2H3. The van der Waals surface area contributed by atoms with E-state index >= 15 is 0 Å². The second-order valence-corrected chi connectivity index (χ2v) is 4.09. The Hall–Kier alpha value is -1.41. The van der Waals surface area contributed by atoms with E-state index in [9.17, 15) is 14.9 Å². The third-order valence-corrected chi connectivity index (χ3v) is 2.46. The quantitative estimate of drug-likeness (QED) is 0.386. The van der Waals surface area contributed by atoms with Crippen molar-refractivity contribution in [2.24, 2.45) is 0 Å². The highest BCUT2D eigenvalue weighted by atomic mass is 35.5. The van der Waals surface area contributed by atoms with E-state index in [1.165, 1.54) is 0 Å². The van der Waals surface area contributed by atoms with Crippen LogP contribution in [0.25, 0.3) is 0 Å². The summed E-state index contributed by atoms with van der Waals surface area (Å²) >= 11 is 10.5. The van der Waals surface area contributed by atoms with Gasteiger partial charge in [0.15, 0.2) is 0 Å². The smallest absolute Gasteiger partial charge is 0.313 e. The maximum Gasteiger partial charge on any atom is 0.313 e. The molecule has 1 aromatic carbocycles. The number of hydrogen-bond acceptors (Lipinski definition) is 6. The van der Waals surface area contributed by atoms with E-state index in [0.717, 1.165) is 12.1 Å². The van der Waals surface area contributed by atoms with Crippen LogP contribution in [-0.4, -0.2) is 42.7 Å². The lowest BCUT2D eigenvalue weighted by molar-refractivity contribution is -0.385. The molecule has 9 heteroatoms. The van der Waals surface area contributed by atoms with Gasteiger partial charge in [0, 0.05) is 25.8 Å². The van der Waals surface area contributed by atoms with Gasteiger partial charge in [0.05, 0.1) is 23.2 Å². The first kappa shape index (κ1) is 18.6. The summed E-state index contributed by atoms with van der Waals surface area (Å²) in [6.45, 7) is 1.38. The van der Waals surface area contributed by atoms with Crippen molar-refractivity contribution in [1.29, 1.82) is 0 Å². The summed E-state index contributed by atoms with van der Waals surface area (Å²) in [4.78, 5) is 20.2. The number of ether oxygens (including phenoxy) is 2. The van der Waals surface area contributed by atoms with Crippen molar-refractivity contribution in [2.75, 3.05) is 27.4 Å². The number of halogens is 2. The minimum Gasteiger partial charge on any atom is -0.501 e. The van der Waals surface area contributed by atoms with Gasteiger partial charge in [-0.15, -0.1) is 0 Å². The molecule has 0 aromatic heterocycles. The van der Waals surface area contributed by atoms with Crippen molar-refractivity contribution < 1.29 is 24.3 Å². The highest BCUT2D eigenvalue weighted by molar-refractivity contribution is 6.67. The van der Waals surface area contributed by atoms with E-state index in [1.54, 1.807) is 14.2 Å². The zero-order valence-corrected chi connectivity index (χ0v) is 12.3. The minimum atomic E-state index is -0.880. The van der Waals surface area contributed by atoms with Crippen LogP contribution in [0.15, 0.2) is 12.1 Å². The van der Waals surface area contributed by atoms with Gasteiger partial charge in [-0.1, -0.05) is 11.6 Å². The molecule has 0 fully saturated rings. The van der Waals surface area contributed by atoms with Crippen LogP contribution in [0, 0.1) is 10.1 Å². The molecular formula is C11H13Cl2NO6. The van der Waals surface area contributed by atoms with Crippen molar-refractivity contribution in [2.45, 2.75) is 0 Å². The first-order chi connectivity index (χ1) is 9.34. The Balaban J connectivity index is 0.000000511. The molecule has 0 aliphatic heterocycles. The highest BCUT2D eigenvalue weighted by Crippen LogP contribution is 2.34. The number of carbonyl (C=O) groups excluding carboxylic acids is 1. The molecule has 7 nitrogen and oxygen atoms in total. The zero-order chi connectivity index (χ0) is 15.7. The maximum absolute atomic E-state index is 10.7. The number of phenols is 1. The Morgan fingerprint density at radius 3 is 2.20 bits per heavy atom. The average molecular weight is 326 g/mol. The van der Waals surface area contributed by atoms with E-state index in [4.69, 9.17) is 28.3 Å². The van der Waals surface area contributed by atoms with Gasteiger partial charge < -0.3 is 14.6 Å². The van der Waals surface area contributed by atoms with Crippen molar-refractivity contribution in [1.82, 2.24) is 0 Å². The molecule has 0 amide bonds. The Morgan fingerprint density at radius 2 is 1.85 bits per heavy atom. The molecule has 0 atom stereocenters. The summed E-state index contributed by atoms with van der Waals surface area (Å²) < 4.78 is 9.31. The summed E-state index contributed by atoms with van der Waals surface area (Å²) in [7, 11) is 3.30. The van der Waals surface area contributed by atoms with Crippen molar-refractivity contribution in [3.63, 3.8) is 0 Å². The van der Waals surface area contributed by atoms with Crippen LogP contribution in [0.2, 0.25) is 5.02 Å². The fraction of sp³-hybridized carbons (Fsp3) is 0.364. The molecule has 112 valence electrons. The number of nitro groups is 1. The van der Waals surface area contributed by atoms with Crippen LogP contribution in [0.5, 0.6) is 5.75 Å². The van der Waals surface area contributed by atoms with Gasteiger partial charge >= 0.3 is 5.69 Å². The summed E-state index contributed by atoms with van der Waals surface area (Å²) in [5.41, 5.74) is -0.789. The number of nitrogens with zero attached hydrogens (tertiary/aromatic N) is 1. The fourth-order valence-corrected chi connectivity index (χ4v) is 1.33. The molecular weight excluding hydrogens is 313 g/mol. The number of phenolic OH excluding ortho intramolecular Hbond substituents is 1. The number of aromatic hydroxyl groups is 1. The molecule has 1 N–H and O–H groups in total. The molecule has 20 heavy (non-hydrogen) atoms. The van der Waals surface area contributed by atoms with E-state index in [1.807, 2.05) is 0 Å². The number of carbonyl (C=O) groups is 1. The van der Waals surface area contributed by atoms with Crippen molar-refractivity contribution in [3.05, 3.63) is 32.8 Å². The maximum atomic E-state index is 10.7. The van der Waals surface area contributed by atoms with E-state index in [-0.39, 0.29) is 10.6 Å². The van der Waals surface area contributed by atoms with Gasteiger partial charge in [-0.05, 0) is 17.7 Å². The van der Waals surface area contributed by atoms with Crippen LogP contribution in [-0.2, 0) is 9.47 Å². The Bertz CT molecular complexity index is 476. The molecule has 0 radical (unpaired) electrons. The van der Waals surface area contributed by atoms with Gasteiger partial charge in [-0.2, -0.15) is 0 Å². The number of nitro benzene ring substituents is 1. The first-order valence-electron chi connectivity index (χ1n) is 5.19. The molecule has 0 aliphatic rings. The second kappa shape index (κ2) is 9.49. The van der Waals surface area contributed by atoms with Gasteiger partial charge in [0.25, 0.3) is 5.24 Å². The molecule has 0 unspecified atom stereocenters. The molecule has 0 saturated heterocycles. The third-order valence-electron chi connectivity index (χ3n) is 1.96. The van der Waals surface area contributed by atoms with Crippen LogP contribution in [0.1, 0.15) is 10.4 Å². The van der Waals surface area contributed by atoms with E-state index in [2.05, 4.69) is 9.47 Å². The van der Waals surface area contributed by atoms with Gasteiger partial charge in [-0.3, -0.25) is 14.9 Å². The fourth-order valence-electron chi connectivity index (χ4n) is 1.00. The molecule has 0 spiro atoms. The summed E-state index contributed by atoms with van der Waals surface area (Å²) in [5, 5.41) is 18.4. The number of rotatable bonds is 5. The number of methoxy groups -OCH3 is 2. The van der Waals surface area contributed by atoms with Gasteiger partial charge in [0.2, 0.25) is 5.75 Å². The van der Waals surface area contributed by atoms with Gasteiger partial charge in [0.1, 0.15) is 0 Å². The third kappa shape index (κ3) is 6.16. The van der Waals surface area contributed by atoms with Crippen LogP contribution in [0.4, 0.5) is 5.69 Å². The van der Waals surface area contributed by atoms with Crippen LogP contribution < -0.4 is 0 Å². The predicted octanol–water partition coefficient (Wildman–Crippen LogP) is 2.61. The topological polar surface area (TPSA) is 98.9 Å². The van der Waals surface area contributed by atoms with Crippen molar-refractivity contribution in [3.8, 4) is 5.75 Å². The molecule has 0 bridgehead atoms. The summed E-state index contributed by atoms with van der Waals surface area (Å²) in [6, 6.07) is 1.91. The van der Waals surface area contributed by atoms with E-state index in [0.29, 0.717) is 13.2 Å². The largest absolute Gasteiger partial charge is 0.501 e. The minimum absolute atomic E-state index is 0.138. The van der Waals surface area contributed by atoms with Crippen LogP contribution in [0.3, 0.4) is 0 Å². The monoisotopic (exact) mass is 325 g/mol. The Labute approximate surface area is 125 Å². The predicted molar refractivity (Wildman–Crippen MR) is 73.7 cm³/mol. The van der Waals surface area contributed by atoms with Gasteiger partial charge in [-0.25, -0.2) is 0 Å². The second-order valence-electron chi connectivity index (χ2n) is 3.34. The molecule has 0 heterocycles. The summed E-state index contributed by atoms with van der Waals surface area (Å²) in [5.74, 6) is -0.682. The molecule has 1 rings (SSSR count). The zero-order valence-electron chi connectivity index (χ0n) is 10.8. The lowest BCUT2D eigenvalue weighted by Crippen LogP contribution is -1.96. The lowest BCUT2D eigenvalue weighted by atomic mass is 10.2. The Kier molecular flexibility index (Phi) is 8.82. The lowest BCUT2D eigenvalue weighted by Gasteiger charge is -2.00. The number of hydrogen-bond donors (Lipinski definition) is 1. The highest BCUT2D eigenvalue weighted by Gasteiger charge is 2.19. The molecule has 0 saturated carbocycles. The SMILES string of the molecule is COCCOC.O=C(Cl)c1cc(Cl)c(O)c([N+](=O)[O-])c1. The average Bonchev–Trinajstić information content (AvgIpc) is 2.39. The normalized spacial score (nSPS) is 9.60. The number of benzene rings is 1.